The number of aromatic nitrogens is 1. The average Bonchev–Trinajstić information content (AvgIpc) is 2.70. The molecule has 1 fully saturated rings. The van der Waals surface area contributed by atoms with Crippen molar-refractivity contribution < 1.29 is 9.53 Å². The molecule has 0 unspecified atom stereocenters. The van der Waals surface area contributed by atoms with E-state index in [0.29, 0.717) is 11.6 Å². The number of pyridine rings is 1. The molecule has 0 saturated carbocycles. The number of carbonyl (C=O) groups is 1. The smallest absolute Gasteiger partial charge is 0.232 e. The number of amides is 1. The van der Waals surface area contributed by atoms with E-state index >= 15 is 0 Å². The van der Waals surface area contributed by atoms with E-state index in [1.807, 2.05) is 51.1 Å². The monoisotopic (exact) mass is 441 g/mol. The van der Waals surface area contributed by atoms with Gasteiger partial charge in [-0.3, -0.25) is 14.7 Å². The molecule has 1 aromatic carbocycles. The molecule has 2 aliphatic heterocycles. The fraction of sp³-hybridized carbons (Fsp3) is 0.435. The van der Waals surface area contributed by atoms with Gasteiger partial charge in [0.15, 0.2) is 5.96 Å². The molecule has 3 N–H and O–H groups in total. The number of nitrogens with two attached hydrogens (primary N) is 1. The number of nitrogens with zero attached hydrogens (tertiary/aromatic N) is 3. The van der Waals surface area contributed by atoms with Crippen molar-refractivity contribution in [3.8, 4) is 0 Å². The lowest BCUT2D eigenvalue weighted by molar-refractivity contribution is -0.133. The zero-order chi connectivity index (χ0) is 22.2. The number of aliphatic imine (C=N–C) groups is 1. The summed E-state index contributed by atoms with van der Waals surface area (Å²) < 4.78 is 5.62. The molecule has 8 heteroatoms. The van der Waals surface area contributed by atoms with Gasteiger partial charge >= 0.3 is 0 Å². The molecular formula is C23H28ClN5O2. The minimum absolute atomic E-state index is 0.0158. The molecule has 0 spiro atoms. The highest BCUT2D eigenvalue weighted by Gasteiger charge is 2.42. The Morgan fingerprint density at radius 3 is 2.81 bits per heavy atom. The molecule has 0 bridgehead atoms. The number of nitrogens with one attached hydrogen (secondary N) is 1. The second-order valence-electron chi connectivity index (χ2n) is 8.52. The van der Waals surface area contributed by atoms with Gasteiger partial charge < -0.3 is 15.8 Å². The largest absolute Gasteiger partial charge is 0.378 e. The third kappa shape index (κ3) is 4.38. The van der Waals surface area contributed by atoms with Crippen LogP contribution in [0.25, 0.3) is 0 Å². The maximum Gasteiger partial charge on any atom is 0.232 e. The molecule has 2 aliphatic rings. The molecule has 1 aromatic heterocycles. The van der Waals surface area contributed by atoms with Gasteiger partial charge in [-0.1, -0.05) is 23.7 Å². The van der Waals surface area contributed by atoms with Crippen LogP contribution in [0.4, 0.5) is 11.4 Å². The van der Waals surface area contributed by atoms with Crippen LogP contribution >= 0.6 is 11.6 Å². The topological polar surface area (TPSA) is 92.8 Å². The van der Waals surface area contributed by atoms with Gasteiger partial charge in [-0.05, 0) is 51.8 Å². The summed E-state index contributed by atoms with van der Waals surface area (Å²) in [4.78, 5) is 23.9. The number of benzene rings is 1. The minimum Gasteiger partial charge on any atom is -0.378 e. The van der Waals surface area contributed by atoms with Crippen LogP contribution in [-0.4, -0.2) is 40.5 Å². The second-order valence-corrected chi connectivity index (χ2v) is 8.90. The number of rotatable bonds is 4. The van der Waals surface area contributed by atoms with E-state index in [1.165, 1.54) is 0 Å². The first-order chi connectivity index (χ1) is 14.8. The summed E-state index contributed by atoms with van der Waals surface area (Å²) in [5.41, 5.74) is 8.75. The van der Waals surface area contributed by atoms with Crippen LogP contribution in [0.1, 0.15) is 44.4 Å². The molecule has 3 atom stereocenters. The Balaban J connectivity index is 1.63. The van der Waals surface area contributed by atoms with Gasteiger partial charge in [0.05, 0.1) is 40.7 Å². The van der Waals surface area contributed by atoms with Gasteiger partial charge in [0.1, 0.15) is 0 Å². The number of hydrogen-bond acceptors (Lipinski definition) is 6. The molecule has 2 aromatic rings. The van der Waals surface area contributed by atoms with E-state index < -0.39 is 5.54 Å². The van der Waals surface area contributed by atoms with Crippen molar-refractivity contribution >= 4 is 34.8 Å². The lowest BCUT2D eigenvalue weighted by Gasteiger charge is -2.41. The van der Waals surface area contributed by atoms with Crippen molar-refractivity contribution in [2.75, 3.05) is 11.9 Å². The summed E-state index contributed by atoms with van der Waals surface area (Å²) in [6, 6.07) is 9.58. The van der Waals surface area contributed by atoms with E-state index in [-0.39, 0.29) is 30.4 Å². The molecule has 0 aliphatic carbocycles. The quantitative estimate of drug-likeness (QED) is 0.744. The summed E-state index contributed by atoms with van der Waals surface area (Å²) in [6.45, 7) is 6.47. The summed E-state index contributed by atoms with van der Waals surface area (Å²) >= 11 is 6.78. The van der Waals surface area contributed by atoms with Crippen LogP contribution in [0, 0.1) is 6.92 Å². The minimum atomic E-state index is -0.839. The van der Waals surface area contributed by atoms with Gasteiger partial charge in [0, 0.05) is 23.9 Å². The predicted octanol–water partition coefficient (Wildman–Crippen LogP) is 4.12. The van der Waals surface area contributed by atoms with E-state index in [2.05, 4.69) is 10.3 Å². The number of carbonyl (C=O) groups excluding carboxylic acids is 1. The van der Waals surface area contributed by atoms with Crippen LogP contribution < -0.4 is 11.1 Å². The molecule has 31 heavy (non-hydrogen) atoms. The van der Waals surface area contributed by atoms with Gasteiger partial charge in [-0.25, -0.2) is 4.99 Å². The summed E-state index contributed by atoms with van der Waals surface area (Å²) in [7, 11) is 0. The van der Waals surface area contributed by atoms with Crippen molar-refractivity contribution in [3.05, 3.63) is 52.8 Å². The fourth-order valence-corrected chi connectivity index (χ4v) is 4.73. The van der Waals surface area contributed by atoms with E-state index in [0.717, 1.165) is 35.5 Å². The Hall–Kier alpha value is -2.64. The molecule has 7 nitrogen and oxygen atoms in total. The highest BCUT2D eigenvalue weighted by Crippen LogP contribution is 2.41. The summed E-state index contributed by atoms with van der Waals surface area (Å²) in [5, 5.41) is 3.82. The van der Waals surface area contributed by atoms with Crippen LogP contribution in [0.3, 0.4) is 0 Å². The predicted molar refractivity (Wildman–Crippen MR) is 123 cm³/mol. The molecule has 3 heterocycles. The maximum absolute atomic E-state index is 13.2. The first-order valence-electron chi connectivity index (χ1n) is 10.5. The number of halogens is 1. The number of aryl methyl sites for hydroxylation is 1. The van der Waals surface area contributed by atoms with Gasteiger partial charge in [0.25, 0.3) is 0 Å². The molecule has 4 rings (SSSR count). The number of guanidine groups is 1. The van der Waals surface area contributed by atoms with Gasteiger partial charge in [-0.15, -0.1) is 0 Å². The van der Waals surface area contributed by atoms with Crippen molar-refractivity contribution in [1.29, 1.82) is 0 Å². The van der Waals surface area contributed by atoms with E-state index in [1.54, 1.807) is 11.1 Å². The van der Waals surface area contributed by atoms with Crippen molar-refractivity contribution in [3.63, 3.8) is 0 Å². The third-order valence-corrected chi connectivity index (χ3v) is 6.37. The van der Waals surface area contributed by atoms with Gasteiger partial charge in [0.2, 0.25) is 5.91 Å². The molecule has 1 saturated heterocycles. The Morgan fingerprint density at radius 2 is 2.13 bits per heavy atom. The SMILES string of the molecule is Cc1ccc(Nc2cccc([C@]3(C)CC(=O)N([C@@H]4CCO[C@@H](C)C4)C(N)=N3)c2Cl)cn1. The first kappa shape index (κ1) is 21.6. The third-order valence-electron chi connectivity index (χ3n) is 5.96. The zero-order valence-corrected chi connectivity index (χ0v) is 18.8. The molecular weight excluding hydrogens is 414 g/mol. The lowest BCUT2D eigenvalue weighted by atomic mass is 9.86. The summed E-state index contributed by atoms with van der Waals surface area (Å²) in [6.07, 6.45) is 3.57. The van der Waals surface area contributed by atoms with Gasteiger partial charge in [-0.2, -0.15) is 0 Å². The Bertz CT molecular complexity index is 1010. The number of anilines is 2. The standard InChI is InChI=1S/C23H28ClN5O2/c1-14-7-8-16(13-26-14)27-19-6-4-5-18(21(19)24)23(3)12-20(30)29(22(25)28-23)17-9-10-31-15(2)11-17/h4-8,13,15,17,27H,9-12H2,1-3H3,(H2,25,28)/t15-,17+,23-/m0/s1. The van der Waals surface area contributed by atoms with Crippen molar-refractivity contribution in [2.24, 2.45) is 10.7 Å². The van der Waals surface area contributed by atoms with Crippen LogP contribution in [0.2, 0.25) is 5.02 Å². The average molecular weight is 442 g/mol. The van der Waals surface area contributed by atoms with E-state index in [9.17, 15) is 4.79 Å². The van der Waals surface area contributed by atoms with Crippen LogP contribution in [-0.2, 0) is 15.1 Å². The molecule has 0 radical (unpaired) electrons. The summed E-state index contributed by atoms with van der Waals surface area (Å²) in [5.74, 6) is 0.210. The van der Waals surface area contributed by atoms with Crippen LogP contribution in [0.15, 0.2) is 41.5 Å². The van der Waals surface area contributed by atoms with Crippen LogP contribution in [0.5, 0.6) is 0 Å². The Kier molecular flexibility index (Phi) is 5.90. The second kappa shape index (κ2) is 8.48. The first-order valence-corrected chi connectivity index (χ1v) is 10.9. The van der Waals surface area contributed by atoms with E-state index in [4.69, 9.17) is 27.1 Å². The lowest BCUT2D eigenvalue weighted by Crippen LogP contribution is -2.56. The highest BCUT2D eigenvalue weighted by molar-refractivity contribution is 6.34. The Morgan fingerprint density at radius 1 is 1.32 bits per heavy atom. The fourth-order valence-electron chi connectivity index (χ4n) is 4.35. The zero-order valence-electron chi connectivity index (χ0n) is 18.1. The van der Waals surface area contributed by atoms with Crippen molar-refractivity contribution in [2.45, 2.75) is 57.7 Å². The normalized spacial score (nSPS) is 26.5. The maximum atomic E-state index is 13.2. The number of ether oxygens (including phenoxy) is 1. The molecule has 1 amide bonds. The van der Waals surface area contributed by atoms with Crippen molar-refractivity contribution in [1.82, 2.24) is 9.88 Å². The highest BCUT2D eigenvalue weighted by atomic mass is 35.5. The molecule has 164 valence electrons. The Labute approximate surface area is 187 Å². The number of hydrogen-bond donors (Lipinski definition) is 2.